The Balaban J connectivity index is 1.91. The average Bonchev–Trinajstić information content (AvgIpc) is 2.71. The molecule has 2 atom stereocenters. The zero-order valence-corrected chi connectivity index (χ0v) is 11.0. The highest BCUT2D eigenvalue weighted by molar-refractivity contribution is 5.70. The second-order valence-corrected chi connectivity index (χ2v) is 4.92. The minimum atomic E-state index is -0.821. The van der Waals surface area contributed by atoms with E-state index in [4.69, 9.17) is 9.84 Å². The predicted molar refractivity (Wildman–Crippen MR) is 69.9 cm³/mol. The number of aliphatic carboxylic acids is 1. The van der Waals surface area contributed by atoms with E-state index in [9.17, 15) is 9.90 Å². The summed E-state index contributed by atoms with van der Waals surface area (Å²) in [6.45, 7) is 2.06. The maximum Gasteiger partial charge on any atom is 0.307 e. The summed E-state index contributed by atoms with van der Waals surface area (Å²) < 4.78 is 5.20. The van der Waals surface area contributed by atoms with Crippen LogP contribution in [0.4, 0.5) is 0 Å². The summed E-state index contributed by atoms with van der Waals surface area (Å²) >= 11 is 0. The van der Waals surface area contributed by atoms with Gasteiger partial charge in [-0.3, -0.25) is 9.69 Å². The quantitative estimate of drug-likeness (QED) is 0.811. The number of β-amino-alcohol motifs (C(OH)–C–C–N with tert-alkyl or cyclic N) is 1. The van der Waals surface area contributed by atoms with Crippen molar-refractivity contribution in [2.45, 2.75) is 25.2 Å². The van der Waals surface area contributed by atoms with Crippen LogP contribution in [0.15, 0.2) is 24.3 Å². The molecule has 5 heteroatoms. The van der Waals surface area contributed by atoms with E-state index in [2.05, 4.69) is 4.90 Å². The number of hydrogen-bond acceptors (Lipinski definition) is 4. The van der Waals surface area contributed by atoms with E-state index in [0.29, 0.717) is 13.1 Å². The molecule has 2 N–H and O–H groups in total. The third-order valence-electron chi connectivity index (χ3n) is 3.40. The lowest BCUT2D eigenvalue weighted by atomic mass is 10.1. The van der Waals surface area contributed by atoms with Crippen molar-refractivity contribution in [1.82, 2.24) is 4.90 Å². The van der Waals surface area contributed by atoms with Crippen LogP contribution in [0, 0.1) is 0 Å². The van der Waals surface area contributed by atoms with Gasteiger partial charge < -0.3 is 14.9 Å². The first-order chi connectivity index (χ1) is 9.08. The van der Waals surface area contributed by atoms with Crippen LogP contribution in [-0.4, -0.2) is 53.5 Å². The number of ether oxygens (including phenoxy) is 1. The van der Waals surface area contributed by atoms with Gasteiger partial charge in [0, 0.05) is 26.7 Å². The number of hydrogen-bond donors (Lipinski definition) is 2. The number of likely N-dealkylation sites (tertiary alicyclic amines) is 1. The number of rotatable bonds is 5. The third-order valence-corrected chi connectivity index (χ3v) is 3.40. The van der Waals surface area contributed by atoms with Crippen LogP contribution < -0.4 is 0 Å². The van der Waals surface area contributed by atoms with Crippen molar-refractivity contribution in [3.63, 3.8) is 0 Å². The predicted octanol–water partition coefficient (Wildman–Crippen LogP) is 0.505. The van der Waals surface area contributed by atoms with Crippen molar-refractivity contribution in [3.05, 3.63) is 35.4 Å². The number of methoxy groups -OCH3 is 1. The van der Waals surface area contributed by atoms with Gasteiger partial charge in [0.2, 0.25) is 0 Å². The lowest BCUT2D eigenvalue weighted by Gasteiger charge is -2.15. The van der Waals surface area contributed by atoms with Gasteiger partial charge in [-0.05, 0) is 11.1 Å². The fourth-order valence-corrected chi connectivity index (χ4v) is 2.39. The lowest BCUT2D eigenvalue weighted by molar-refractivity contribution is -0.136. The van der Waals surface area contributed by atoms with Crippen LogP contribution in [0.5, 0.6) is 0 Å². The Morgan fingerprint density at radius 3 is 2.47 bits per heavy atom. The van der Waals surface area contributed by atoms with Gasteiger partial charge in [0.15, 0.2) is 0 Å². The molecule has 1 saturated heterocycles. The number of nitrogens with zero attached hydrogens (tertiary/aromatic N) is 1. The van der Waals surface area contributed by atoms with E-state index >= 15 is 0 Å². The van der Waals surface area contributed by atoms with Gasteiger partial charge in [0.1, 0.15) is 0 Å². The van der Waals surface area contributed by atoms with E-state index in [-0.39, 0.29) is 12.5 Å². The van der Waals surface area contributed by atoms with Crippen LogP contribution in [0.25, 0.3) is 0 Å². The molecule has 0 radical (unpaired) electrons. The van der Waals surface area contributed by atoms with Crippen LogP contribution >= 0.6 is 0 Å². The molecular weight excluding hydrogens is 246 g/mol. The molecule has 0 saturated carbocycles. The van der Waals surface area contributed by atoms with Crippen molar-refractivity contribution >= 4 is 5.97 Å². The molecule has 0 aliphatic carbocycles. The Labute approximate surface area is 112 Å². The van der Waals surface area contributed by atoms with E-state index in [1.165, 1.54) is 0 Å². The topological polar surface area (TPSA) is 70.0 Å². The zero-order valence-electron chi connectivity index (χ0n) is 11.0. The zero-order chi connectivity index (χ0) is 13.8. The Hall–Kier alpha value is -1.43. The van der Waals surface area contributed by atoms with Gasteiger partial charge >= 0.3 is 5.97 Å². The van der Waals surface area contributed by atoms with Gasteiger partial charge in [-0.1, -0.05) is 24.3 Å². The molecule has 0 unspecified atom stereocenters. The van der Waals surface area contributed by atoms with E-state index < -0.39 is 12.1 Å². The molecule has 19 heavy (non-hydrogen) atoms. The van der Waals surface area contributed by atoms with Crippen molar-refractivity contribution in [2.75, 3.05) is 20.2 Å². The van der Waals surface area contributed by atoms with Gasteiger partial charge in [-0.2, -0.15) is 0 Å². The first-order valence-electron chi connectivity index (χ1n) is 6.31. The fraction of sp³-hybridized carbons (Fsp3) is 0.500. The Bertz CT molecular complexity index is 432. The minimum Gasteiger partial charge on any atom is -0.481 e. The summed E-state index contributed by atoms with van der Waals surface area (Å²) in [4.78, 5) is 12.7. The summed E-state index contributed by atoms with van der Waals surface area (Å²) in [6.07, 6.45) is -0.503. The number of benzene rings is 1. The van der Waals surface area contributed by atoms with E-state index in [0.717, 1.165) is 17.7 Å². The molecule has 1 aliphatic heterocycles. The number of aliphatic hydroxyl groups is 1. The largest absolute Gasteiger partial charge is 0.481 e. The second kappa shape index (κ2) is 6.14. The molecule has 1 heterocycles. The molecular formula is C14H19NO4. The molecule has 0 bridgehead atoms. The molecule has 1 aliphatic rings. The van der Waals surface area contributed by atoms with Gasteiger partial charge in [0.05, 0.1) is 18.6 Å². The summed E-state index contributed by atoms with van der Waals surface area (Å²) in [6, 6.07) is 7.54. The molecule has 5 nitrogen and oxygen atoms in total. The molecule has 1 aromatic rings. The first kappa shape index (κ1) is 14.0. The number of carboxylic acids is 1. The molecule has 1 aromatic carbocycles. The van der Waals surface area contributed by atoms with Crippen molar-refractivity contribution in [2.24, 2.45) is 0 Å². The van der Waals surface area contributed by atoms with Crippen molar-refractivity contribution in [1.29, 1.82) is 0 Å². The summed E-state index contributed by atoms with van der Waals surface area (Å²) in [5, 5.41) is 18.5. The highest BCUT2D eigenvalue weighted by atomic mass is 16.5. The van der Waals surface area contributed by atoms with Crippen molar-refractivity contribution in [3.8, 4) is 0 Å². The molecule has 0 aromatic heterocycles. The van der Waals surface area contributed by atoms with Gasteiger partial charge in [0.25, 0.3) is 0 Å². The minimum absolute atomic E-state index is 0.0501. The lowest BCUT2D eigenvalue weighted by Crippen LogP contribution is -2.25. The summed E-state index contributed by atoms with van der Waals surface area (Å²) in [5.74, 6) is -0.821. The third kappa shape index (κ3) is 3.76. The highest BCUT2D eigenvalue weighted by Crippen LogP contribution is 2.16. The number of aliphatic hydroxyl groups excluding tert-OH is 1. The smallest absolute Gasteiger partial charge is 0.307 e. The molecule has 0 spiro atoms. The first-order valence-corrected chi connectivity index (χ1v) is 6.31. The highest BCUT2D eigenvalue weighted by Gasteiger charge is 2.30. The molecule has 0 amide bonds. The summed E-state index contributed by atoms with van der Waals surface area (Å²) in [5.41, 5.74) is 1.91. The van der Waals surface area contributed by atoms with Crippen molar-refractivity contribution < 1.29 is 19.7 Å². The van der Waals surface area contributed by atoms with Gasteiger partial charge in [-0.15, -0.1) is 0 Å². The normalized spacial score (nSPS) is 23.7. The van der Waals surface area contributed by atoms with E-state index in [1.54, 1.807) is 7.11 Å². The SMILES string of the molecule is CO[C@H]1CN(Cc2ccc(CC(=O)O)cc2)C[C@@H]1O. The monoisotopic (exact) mass is 265 g/mol. The van der Waals surface area contributed by atoms with Crippen LogP contribution in [-0.2, 0) is 22.5 Å². The molecule has 2 rings (SSSR count). The Morgan fingerprint density at radius 1 is 1.32 bits per heavy atom. The summed E-state index contributed by atoms with van der Waals surface area (Å²) in [7, 11) is 1.61. The second-order valence-electron chi connectivity index (χ2n) is 4.92. The molecule has 1 fully saturated rings. The number of carbonyl (C=O) groups is 1. The standard InChI is InChI=1S/C14H19NO4/c1-19-13-9-15(8-12(13)16)7-11-4-2-10(3-5-11)6-14(17)18/h2-5,12-13,16H,6-9H2,1H3,(H,17,18)/t12-,13-/m0/s1. The average molecular weight is 265 g/mol. The Kier molecular flexibility index (Phi) is 4.52. The maximum absolute atomic E-state index is 10.6. The Morgan fingerprint density at radius 2 is 1.95 bits per heavy atom. The fourth-order valence-electron chi connectivity index (χ4n) is 2.39. The van der Waals surface area contributed by atoms with Gasteiger partial charge in [-0.25, -0.2) is 0 Å². The maximum atomic E-state index is 10.6. The van der Waals surface area contributed by atoms with Crippen LogP contribution in [0.3, 0.4) is 0 Å². The van der Waals surface area contributed by atoms with Crippen LogP contribution in [0.1, 0.15) is 11.1 Å². The number of carboxylic acid groups (broad SMARTS) is 1. The van der Waals surface area contributed by atoms with Crippen LogP contribution in [0.2, 0.25) is 0 Å². The molecule has 104 valence electrons. The van der Waals surface area contributed by atoms with E-state index in [1.807, 2.05) is 24.3 Å².